The minimum atomic E-state index is -5.30. The molecule has 0 aromatic rings. The van der Waals surface area contributed by atoms with Crippen LogP contribution < -0.4 is 10.6 Å². The second kappa shape index (κ2) is 9.60. The molecule has 0 saturated carbocycles. The number of urea groups is 1. The fourth-order valence-electron chi connectivity index (χ4n) is 2.24. The summed E-state index contributed by atoms with van der Waals surface area (Å²) in [6, 6.07) is -1.14. The van der Waals surface area contributed by atoms with Crippen molar-refractivity contribution in [1.82, 2.24) is 15.5 Å². The van der Waals surface area contributed by atoms with E-state index in [1.54, 1.807) is 17.6 Å². The number of hydrogen-bond acceptors (Lipinski definition) is 5. The summed E-state index contributed by atoms with van der Waals surface area (Å²) in [5.74, 6) is -2.81. The number of hydrogen-bond donors (Lipinski definition) is 2. The molecule has 0 radical (unpaired) electrons. The molecule has 11 heteroatoms. The van der Waals surface area contributed by atoms with E-state index in [1.165, 1.54) is 6.92 Å². The van der Waals surface area contributed by atoms with Gasteiger partial charge in [-0.2, -0.15) is 13.2 Å². The molecule has 1 heterocycles. The number of nitrogens with zero attached hydrogens (tertiary/aromatic N) is 1. The summed E-state index contributed by atoms with van der Waals surface area (Å²) < 4.78 is 50.9. The quantitative estimate of drug-likeness (QED) is 0.508. The van der Waals surface area contributed by atoms with E-state index in [1.807, 2.05) is 0 Å². The lowest BCUT2D eigenvalue weighted by molar-refractivity contribution is -0.219. The van der Waals surface area contributed by atoms with Gasteiger partial charge in [0.25, 0.3) is 0 Å². The lowest BCUT2D eigenvalue weighted by atomic mass is 10.1. The fraction of sp³-hybridized carbons (Fsp3) is 0.800. The molecule has 8 nitrogen and oxygen atoms in total. The second-order valence-electron chi connectivity index (χ2n) is 5.65. The molecule has 3 amide bonds. The number of ether oxygens (including phenoxy) is 2. The molecule has 1 rings (SSSR count). The normalized spacial score (nSPS) is 17.2. The number of carbonyl (C=O) groups is 3. The van der Waals surface area contributed by atoms with Gasteiger partial charge in [-0.25, -0.2) is 9.59 Å². The third-order valence-electron chi connectivity index (χ3n) is 3.68. The Morgan fingerprint density at radius 3 is 2.23 bits per heavy atom. The first-order chi connectivity index (χ1) is 12.2. The van der Waals surface area contributed by atoms with E-state index in [4.69, 9.17) is 4.74 Å². The number of halogens is 3. The highest BCUT2D eigenvalue weighted by molar-refractivity contribution is 5.92. The van der Waals surface area contributed by atoms with Gasteiger partial charge < -0.3 is 19.7 Å². The minimum Gasteiger partial charge on any atom is -0.463 e. The first kappa shape index (κ1) is 22.0. The molecule has 150 valence electrons. The summed E-state index contributed by atoms with van der Waals surface area (Å²) in [5.41, 5.74) is -3.65. The molecule has 0 bridgehead atoms. The van der Waals surface area contributed by atoms with E-state index >= 15 is 0 Å². The Balaban J connectivity index is 3.12. The summed E-state index contributed by atoms with van der Waals surface area (Å²) in [4.78, 5) is 37.4. The summed E-state index contributed by atoms with van der Waals surface area (Å²) >= 11 is 0. The smallest absolute Gasteiger partial charge is 0.442 e. The second-order valence-corrected chi connectivity index (χ2v) is 5.65. The van der Waals surface area contributed by atoms with Gasteiger partial charge in [-0.3, -0.25) is 10.1 Å². The van der Waals surface area contributed by atoms with Crippen LogP contribution in [0.1, 0.15) is 33.1 Å². The van der Waals surface area contributed by atoms with Crippen LogP contribution in [0.5, 0.6) is 0 Å². The van der Waals surface area contributed by atoms with Gasteiger partial charge in [0.05, 0.1) is 19.8 Å². The van der Waals surface area contributed by atoms with Crippen molar-refractivity contribution in [2.24, 2.45) is 0 Å². The van der Waals surface area contributed by atoms with Crippen LogP contribution in [0.4, 0.5) is 18.0 Å². The van der Waals surface area contributed by atoms with Crippen LogP contribution in [0.15, 0.2) is 0 Å². The zero-order valence-electron chi connectivity index (χ0n) is 14.8. The van der Waals surface area contributed by atoms with Crippen molar-refractivity contribution < 1.29 is 37.0 Å². The van der Waals surface area contributed by atoms with Crippen molar-refractivity contribution in [3.63, 3.8) is 0 Å². The van der Waals surface area contributed by atoms with E-state index in [-0.39, 0.29) is 39.3 Å². The molecule has 1 fully saturated rings. The highest BCUT2D eigenvalue weighted by Gasteiger charge is 2.64. The topological polar surface area (TPSA) is 97.0 Å². The molecular weight excluding hydrogens is 359 g/mol. The number of morpholine rings is 1. The van der Waals surface area contributed by atoms with Crippen molar-refractivity contribution in [3.05, 3.63) is 0 Å². The molecule has 0 aromatic heterocycles. The Hall–Kier alpha value is -2.04. The van der Waals surface area contributed by atoms with E-state index in [0.717, 1.165) is 4.90 Å². The van der Waals surface area contributed by atoms with Crippen molar-refractivity contribution in [1.29, 1.82) is 0 Å². The predicted molar refractivity (Wildman–Crippen MR) is 84.0 cm³/mol. The van der Waals surface area contributed by atoms with E-state index in [2.05, 4.69) is 4.74 Å². The summed E-state index contributed by atoms with van der Waals surface area (Å²) in [5, 5.41) is 3.26. The summed E-state index contributed by atoms with van der Waals surface area (Å²) in [6.45, 7) is 3.18. The molecule has 26 heavy (non-hydrogen) atoms. The number of esters is 1. The maximum absolute atomic E-state index is 13.8. The predicted octanol–water partition coefficient (Wildman–Crippen LogP) is 1.16. The van der Waals surface area contributed by atoms with Crippen molar-refractivity contribution in [3.8, 4) is 0 Å². The zero-order valence-corrected chi connectivity index (χ0v) is 14.8. The van der Waals surface area contributed by atoms with Gasteiger partial charge in [0.1, 0.15) is 0 Å². The van der Waals surface area contributed by atoms with Crippen LogP contribution in [0, 0.1) is 0 Å². The van der Waals surface area contributed by atoms with Gasteiger partial charge >= 0.3 is 23.8 Å². The molecule has 0 aromatic carbocycles. The standard InChI is InChI=1S/C15H24F3N3O5/c1-3-5-6-11(22)19-14(15(16,17)18,12(23)26-4-2)20-13(24)21-7-9-25-10-8-21/h3-10H2,1-2H3,(H,19,22)(H,20,24)/t14-/m1/s1. The van der Waals surface area contributed by atoms with Crippen LogP contribution >= 0.6 is 0 Å². The van der Waals surface area contributed by atoms with Gasteiger partial charge in [0, 0.05) is 19.5 Å². The van der Waals surface area contributed by atoms with Gasteiger partial charge in [0.2, 0.25) is 5.91 Å². The minimum absolute atomic E-state index is 0.0619. The van der Waals surface area contributed by atoms with Gasteiger partial charge in [-0.15, -0.1) is 0 Å². The van der Waals surface area contributed by atoms with E-state index in [0.29, 0.717) is 12.8 Å². The van der Waals surface area contributed by atoms with E-state index in [9.17, 15) is 27.6 Å². The van der Waals surface area contributed by atoms with Crippen molar-refractivity contribution in [2.75, 3.05) is 32.9 Å². The third-order valence-corrected chi connectivity index (χ3v) is 3.68. The average Bonchev–Trinajstić information content (AvgIpc) is 2.59. The number of rotatable bonds is 7. The maximum atomic E-state index is 13.8. The Kier molecular flexibility index (Phi) is 8.12. The van der Waals surface area contributed by atoms with Gasteiger partial charge in [0.15, 0.2) is 0 Å². The lowest BCUT2D eigenvalue weighted by Gasteiger charge is -2.37. The Morgan fingerprint density at radius 2 is 1.73 bits per heavy atom. The Labute approximate surface area is 149 Å². The monoisotopic (exact) mass is 383 g/mol. The molecule has 0 spiro atoms. The summed E-state index contributed by atoms with van der Waals surface area (Å²) in [6.07, 6.45) is -4.61. The fourth-order valence-corrected chi connectivity index (χ4v) is 2.24. The molecule has 1 atom stereocenters. The zero-order chi connectivity index (χ0) is 19.8. The maximum Gasteiger partial charge on any atom is 0.442 e. The molecule has 2 N–H and O–H groups in total. The molecule has 1 aliphatic rings. The largest absolute Gasteiger partial charge is 0.463 e. The number of unbranched alkanes of at least 4 members (excludes halogenated alkanes) is 1. The molecule has 0 unspecified atom stereocenters. The van der Waals surface area contributed by atoms with Crippen LogP contribution in [0.2, 0.25) is 0 Å². The van der Waals surface area contributed by atoms with E-state index < -0.39 is 29.7 Å². The number of alkyl halides is 3. The summed E-state index contributed by atoms with van der Waals surface area (Å²) in [7, 11) is 0. The first-order valence-corrected chi connectivity index (χ1v) is 8.37. The Bertz CT molecular complexity index is 509. The number of amides is 3. The van der Waals surface area contributed by atoms with Gasteiger partial charge in [-0.05, 0) is 13.3 Å². The lowest BCUT2D eigenvalue weighted by Crippen LogP contribution is -2.75. The van der Waals surface area contributed by atoms with Crippen LogP contribution in [0.3, 0.4) is 0 Å². The van der Waals surface area contributed by atoms with Crippen molar-refractivity contribution >= 4 is 17.9 Å². The molecule has 0 aliphatic carbocycles. The first-order valence-electron chi connectivity index (χ1n) is 8.37. The van der Waals surface area contributed by atoms with Crippen LogP contribution in [0.25, 0.3) is 0 Å². The molecule has 1 saturated heterocycles. The van der Waals surface area contributed by atoms with Crippen LogP contribution in [-0.2, 0) is 19.1 Å². The third kappa shape index (κ3) is 5.48. The Morgan fingerprint density at radius 1 is 1.12 bits per heavy atom. The van der Waals surface area contributed by atoms with Crippen LogP contribution in [-0.4, -0.2) is 67.6 Å². The van der Waals surface area contributed by atoms with Gasteiger partial charge in [-0.1, -0.05) is 13.3 Å². The molecule has 1 aliphatic heterocycles. The number of nitrogens with one attached hydrogen (secondary N) is 2. The highest BCUT2D eigenvalue weighted by atomic mass is 19.4. The molecular formula is C15H24F3N3O5. The number of carbonyl (C=O) groups excluding carboxylic acids is 3. The van der Waals surface area contributed by atoms with Crippen molar-refractivity contribution in [2.45, 2.75) is 44.9 Å². The highest BCUT2D eigenvalue weighted by Crippen LogP contribution is 2.30. The SMILES string of the molecule is CCCCC(=O)N[C@@](NC(=O)N1CCOCC1)(C(=O)OCC)C(F)(F)F. The average molecular weight is 383 g/mol.